The summed E-state index contributed by atoms with van der Waals surface area (Å²) in [5, 5.41) is 4.65. The number of hydrogen-bond donors (Lipinski definition) is 2. The third kappa shape index (κ3) is 5.79. The summed E-state index contributed by atoms with van der Waals surface area (Å²) in [5.74, 6) is -0.187. The molecule has 0 bridgehead atoms. The third-order valence-electron chi connectivity index (χ3n) is 4.64. The van der Waals surface area contributed by atoms with E-state index in [0.717, 1.165) is 16.5 Å². The van der Waals surface area contributed by atoms with Crippen molar-refractivity contribution in [3.8, 4) is 0 Å². The van der Waals surface area contributed by atoms with Crippen molar-refractivity contribution in [1.82, 2.24) is 10.0 Å². The summed E-state index contributed by atoms with van der Waals surface area (Å²) in [6.45, 7) is 1.20. The topological polar surface area (TPSA) is 78.5 Å². The Morgan fingerprint density at radius 2 is 1.59 bits per heavy atom. The molecule has 152 valence electrons. The van der Waals surface area contributed by atoms with Gasteiger partial charge in [-0.1, -0.05) is 48.5 Å². The average molecular weight is 412 g/mol. The number of fused-ring (bicyclic) bond motifs is 1. The van der Waals surface area contributed by atoms with Gasteiger partial charge >= 0.3 is 0 Å². The van der Waals surface area contributed by atoms with Crippen LogP contribution in [0, 0.1) is 0 Å². The van der Waals surface area contributed by atoms with Crippen molar-refractivity contribution < 1.29 is 13.2 Å². The fourth-order valence-corrected chi connectivity index (χ4v) is 4.05. The second-order valence-electron chi connectivity index (χ2n) is 6.76. The van der Waals surface area contributed by atoms with E-state index in [-0.39, 0.29) is 23.8 Å². The zero-order valence-electron chi connectivity index (χ0n) is 16.3. The quantitative estimate of drug-likeness (QED) is 0.568. The van der Waals surface area contributed by atoms with E-state index in [1.165, 1.54) is 0 Å². The molecule has 0 aliphatic carbocycles. The number of carbonyl (C=O) groups is 1. The van der Waals surface area contributed by atoms with Crippen molar-refractivity contribution in [2.45, 2.75) is 11.3 Å². The molecule has 0 aliphatic rings. The molecule has 6 nitrogen and oxygen atoms in total. The summed E-state index contributed by atoms with van der Waals surface area (Å²) in [6.07, 6.45) is 0.0852. The highest BCUT2D eigenvalue weighted by molar-refractivity contribution is 7.89. The van der Waals surface area contributed by atoms with Crippen LogP contribution in [0.2, 0.25) is 0 Å². The maximum atomic E-state index is 12.5. The third-order valence-corrected chi connectivity index (χ3v) is 6.10. The van der Waals surface area contributed by atoms with E-state index in [1.54, 1.807) is 18.2 Å². The first-order chi connectivity index (χ1) is 14.0. The van der Waals surface area contributed by atoms with Gasteiger partial charge in [0, 0.05) is 38.8 Å². The number of para-hydroxylation sites is 1. The standard InChI is InChI=1S/C22H25N3O3S/c1-25(20-9-3-2-4-10-20)16-15-23-22(26)13-14-24-29(27,28)21-12-11-18-7-5-6-8-19(18)17-21/h2-12,17,24H,13-16H2,1H3,(H,23,26). The molecule has 1 amide bonds. The molecule has 0 fully saturated rings. The van der Waals surface area contributed by atoms with Gasteiger partial charge in [-0.3, -0.25) is 4.79 Å². The number of benzene rings is 3. The smallest absolute Gasteiger partial charge is 0.240 e. The van der Waals surface area contributed by atoms with Crippen molar-refractivity contribution >= 4 is 32.4 Å². The number of carbonyl (C=O) groups excluding carboxylic acids is 1. The summed E-state index contributed by atoms with van der Waals surface area (Å²) in [7, 11) is -1.70. The molecule has 3 aromatic rings. The Labute approximate surface area is 171 Å². The molecule has 0 atom stereocenters. The normalized spacial score (nSPS) is 11.3. The Bertz CT molecular complexity index is 1070. The fraction of sp³-hybridized carbons (Fsp3) is 0.227. The predicted molar refractivity (Wildman–Crippen MR) is 116 cm³/mol. The summed E-state index contributed by atoms with van der Waals surface area (Å²) in [6, 6.07) is 22.5. The Balaban J connectivity index is 1.44. The molecule has 7 heteroatoms. The van der Waals surface area contributed by atoms with E-state index < -0.39 is 10.0 Å². The fourth-order valence-electron chi connectivity index (χ4n) is 2.98. The number of nitrogens with one attached hydrogen (secondary N) is 2. The van der Waals surface area contributed by atoms with Crippen molar-refractivity contribution in [2.75, 3.05) is 31.6 Å². The summed E-state index contributed by atoms with van der Waals surface area (Å²) in [5.41, 5.74) is 1.07. The molecule has 0 saturated carbocycles. The van der Waals surface area contributed by atoms with Gasteiger partial charge in [0.2, 0.25) is 15.9 Å². The second kappa shape index (κ2) is 9.54. The van der Waals surface area contributed by atoms with Gasteiger partial charge in [0.1, 0.15) is 0 Å². The molecule has 0 spiro atoms. The van der Waals surface area contributed by atoms with E-state index in [1.807, 2.05) is 66.5 Å². The summed E-state index contributed by atoms with van der Waals surface area (Å²) in [4.78, 5) is 14.2. The average Bonchev–Trinajstić information content (AvgIpc) is 2.73. The minimum atomic E-state index is -3.66. The summed E-state index contributed by atoms with van der Waals surface area (Å²) >= 11 is 0. The zero-order valence-corrected chi connectivity index (χ0v) is 17.2. The Morgan fingerprint density at radius 3 is 2.34 bits per heavy atom. The SMILES string of the molecule is CN(CCNC(=O)CCNS(=O)(=O)c1ccc2ccccc2c1)c1ccccc1. The maximum Gasteiger partial charge on any atom is 0.240 e. The number of rotatable bonds is 9. The van der Waals surface area contributed by atoms with Gasteiger partial charge in [0.25, 0.3) is 0 Å². The van der Waals surface area contributed by atoms with Gasteiger partial charge in [0.15, 0.2) is 0 Å². The van der Waals surface area contributed by atoms with E-state index in [0.29, 0.717) is 13.1 Å². The Morgan fingerprint density at radius 1 is 0.897 bits per heavy atom. The van der Waals surface area contributed by atoms with E-state index in [4.69, 9.17) is 0 Å². The minimum absolute atomic E-state index is 0.0511. The van der Waals surface area contributed by atoms with Gasteiger partial charge in [0.05, 0.1) is 4.90 Å². The van der Waals surface area contributed by atoms with Crippen LogP contribution >= 0.6 is 0 Å². The lowest BCUT2D eigenvalue weighted by molar-refractivity contribution is -0.120. The van der Waals surface area contributed by atoms with Crippen LogP contribution in [0.25, 0.3) is 10.8 Å². The number of nitrogens with zero attached hydrogens (tertiary/aromatic N) is 1. The van der Waals surface area contributed by atoms with Crippen LogP contribution in [0.3, 0.4) is 0 Å². The van der Waals surface area contributed by atoms with Crippen molar-refractivity contribution in [2.24, 2.45) is 0 Å². The molecule has 29 heavy (non-hydrogen) atoms. The van der Waals surface area contributed by atoms with Crippen molar-refractivity contribution in [3.05, 3.63) is 72.8 Å². The highest BCUT2D eigenvalue weighted by Crippen LogP contribution is 2.18. The van der Waals surface area contributed by atoms with Gasteiger partial charge in [-0.25, -0.2) is 13.1 Å². The molecular formula is C22H25N3O3S. The maximum absolute atomic E-state index is 12.5. The van der Waals surface area contributed by atoms with Gasteiger partial charge < -0.3 is 10.2 Å². The van der Waals surface area contributed by atoms with Crippen LogP contribution < -0.4 is 14.9 Å². The van der Waals surface area contributed by atoms with Crippen molar-refractivity contribution in [3.63, 3.8) is 0 Å². The molecule has 0 radical (unpaired) electrons. The molecule has 0 unspecified atom stereocenters. The first-order valence-electron chi connectivity index (χ1n) is 9.47. The first kappa shape index (κ1) is 20.8. The molecule has 3 rings (SSSR count). The molecule has 0 aliphatic heterocycles. The first-order valence-corrected chi connectivity index (χ1v) is 11.0. The van der Waals surface area contributed by atoms with Crippen LogP contribution in [-0.4, -0.2) is 41.0 Å². The van der Waals surface area contributed by atoms with Gasteiger partial charge in [-0.2, -0.15) is 0 Å². The van der Waals surface area contributed by atoms with Crippen molar-refractivity contribution in [1.29, 1.82) is 0 Å². The molecular weight excluding hydrogens is 386 g/mol. The number of hydrogen-bond acceptors (Lipinski definition) is 4. The lowest BCUT2D eigenvalue weighted by Gasteiger charge is -2.19. The van der Waals surface area contributed by atoms with Crippen LogP contribution in [-0.2, 0) is 14.8 Å². The minimum Gasteiger partial charge on any atom is -0.373 e. The highest BCUT2D eigenvalue weighted by Gasteiger charge is 2.14. The zero-order chi connectivity index (χ0) is 20.7. The van der Waals surface area contributed by atoms with E-state index >= 15 is 0 Å². The van der Waals surface area contributed by atoms with Crippen LogP contribution in [0.15, 0.2) is 77.7 Å². The molecule has 0 aromatic heterocycles. The van der Waals surface area contributed by atoms with Crippen LogP contribution in [0.4, 0.5) is 5.69 Å². The predicted octanol–water partition coefficient (Wildman–Crippen LogP) is 2.76. The lowest BCUT2D eigenvalue weighted by atomic mass is 10.1. The number of sulfonamides is 1. The Kier molecular flexibility index (Phi) is 6.85. The highest BCUT2D eigenvalue weighted by atomic mass is 32.2. The largest absolute Gasteiger partial charge is 0.373 e. The van der Waals surface area contributed by atoms with Crippen LogP contribution in [0.1, 0.15) is 6.42 Å². The van der Waals surface area contributed by atoms with E-state index in [9.17, 15) is 13.2 Å². The van der Waals surface area contributed by atoms with E-state index in [2.05, 4.69) is 10.0 Å². The molecule has 3 aromatic carbocycles. The molecule has 0 heterocycles. The molecule has 2 N–H and O–H groups in total. The number of amides is 1. The second-order valence-corrected chi connectivity index (χ2v) is 8.53. The number of anilines is 1. The monoisotopic (exact) mass is 411 g/mol. The van der Waals surface area contributed by atoms with Gasteiger partial charge in [-0.15, -0.1) is 0 Å². The molecule has 0 saturated heterocycles. The van der Waals surface area contributed by atoms with Crippen LogP contribution in [0.5, 0.6) is 0 Å². The van der Waals surface area contributed by atoms with Gasteiger partial charge in [-0.05, 0) is 35.0 Å². The summed E-state index contributed by atoms with van der Waals surface area (Å²) < 4.78 is 27.4. The number of likely N-dealkylation sites (N-methyl/N-ethyl adjacent to an activating group) is 1. The lowest BCUT2D eigenvalue weighted by Crippen LogP contribution is -2.35. The Hall–Kier alpha value is -2.90.